The van der Waals surface area contributed by atoms with Crippen molar-refractivity contribution in [2.24, 2.45) is 10.8 Å². The fourth-order valence-electron chi connectivity index (χ4n) is 4.96. The second-order valence-electron chi connectivity index (χ2n) is 8.86. The first kappa shape index (κ1) is 19.9. The van der Waals surface area contributed by atoms with Gasteiger partial charge in [0, 0.05) is 28.8 Å². The number of nitro benzene ring substituents is 1. The second-order valence-corrected chi connectivity index (χ2v) is 8.86. The van der Waals surface area contributed by atoms with E-state index < -0.39 is 5.72 Å². The normalized spacial score (nSPS) is 25.8. The Kier molecular flexibility index (Phi) is 4.53. The van der Waals surface area contributed by atoms with Crippen molar-refractivity contribution in [2.75, 3.05) is 0 Å². The van der Waals surface area contributed by atoms with Crippen molar-refractivity contribution in [1.29, 1.82) is 0 Å². The maximum atomic E-state index is 11.3. The predicted molar refractivity (Wildman–Crippen MR) is 112 cm³/mol. The van der Waals surface area contributed by atoms with Crippen molar-refractivity contribution in [3.8, 4) is 5.75 Å². The molecule has 1 saturated heterocycles. The van der Waals surface area contributed by atoms with Crippen molar-refractivity contribution in [3.63, 3.8) is 0 Å². The molecule has 1 atom stereocenters. The summed E-state index contributed by atoms with van der Waals surface area (Å²) in [7, 11) is 0. The Hall–Kier alpha value is -2.82. The molecule has 2 aliphatic heterocycles. The first-order valence-electron chi connectivity index (χ1n) is 9.41. The van der Waals surface area contributed by atoms with Gasteiger partial charge in [0.15, 0.2) is 5.72 Å². The smallest absolute Gasteiger partial charge is 0.270 e. The first-order valence-corrected chi connectivity index (χ1v) is 9.41. The van der Waals surface area contributed by atoms with Crippen LogP contribution in [0.3, 0.4) is 0 Å². The number of hydrogen-bond acceptors (Lipinski definition) is 4. The summed E-state index contributed by atoms with van der Waals surface area (Å²) in [6, 6.07) is 4.84. The average molecular weight is 380 g/mol. The van der Waals surface area contributed by atoms with E-state index >= 15 is 0 Å². The molecule has 0 radical (unpaired) electrons. The summed E-state index contributed by atoms with van der Waals surface area (Å²) >= 11 is 0. The molecule has 3 rings (SSSR count). The maximum absolute atomic E-state index is 11.3. The van der Waals surface area contributed by atoms with E-state index in [-0.39, 0.29) is 21.4 Å². The molecule has 0 aromatic heterocycles. The van der Waals surface area contributed by atoms with Crippen LogP contribution < -0.4 is 4.74 Å². The fourth-order valence-corrected chi connectivity index (χ4v) is 4.96. The molecule has 0 aliphatic carbocycles. The van der Waals surface area contributed by atoms with E-state index in [2.05, 4.69) is 52.7 Å². The van der Waals surface area contributed by atoms with Gasteiger partial charge in [0.2, 0.25) is 0 Å². The Morgan fingerprint density at radius 2 is 1.86 bits per heavy atom. The molecule has 1 aromatic rings. The van der Waals surface area contributed by atoms with Crippen molar-refractivity contribution in [3.05, 3.63) is 82.6 Å². The maximum Gasteiger partial charge on any atom is 0.270 e. The minimum absolute atomic E-state index is 0.0696. The van der Waals surface area contributed by atoms with Crippen molar-refractivity contribution < 1.29 is 9.66 Å². The summed E-state index contributed by atoms with van der Waals surface area (Å²) in [6.07, 6.45) is 7.57. The molecule has 1 fully saturated rings. The largest absolute Gasteiger partial charge is 0.466 e. The number of hydrogen-bond donors (Lipinski definition) is 0. The summed E-state index contributed by atoms with van der Waals surface area (Å²) in [5.74, 6) is 0.697. The zero-order valence-electron chi connectivity index (χ0n) is 17.3. The van der Waals surface area contributed by atoms with Gasteiger partial charge in [0.05, 0.1) is 16.9 Å². The fraction of sp³-hybridized carbons (Fsp3) is 0.391. The SMILES string of the molecule is C=C/C=C1\C(=C/C=C)N2Cc3cc([N+](=O)[O-])ccc3OC2(C(C)(C)C)C1(C)C. The van der Waals surface area contributed by atoms with E-state index in [1.807, 2.05) is 12.2 Å². The Balaban J connectivity index is 2.32. The minimum Gasteiger partial charge on any atom is -0.466 e. The van der Waals surface area contributed by atoms with Gasteiger partial charge in [0.1, 0.15) is 5.75 Å². The second kappa shape index (κ2) is 6.36. The lowest BCUT2D eigenvalue weighted by Gasteiger charge is -2.56. The quantitative estimate of drug-likeness (QED) is 0.494. The standard InChI is InChI=1S/C23H28N2O3/c1-8-10-18-19(11-9-2)24-15-16-14-17(25(26)27)12-13-20(16)28-23(24,21(3,4)5)22(18,6)7/h8-14H,1-2,15H2,3-7H3/b18-10+,19-11+. The van der Waals surface area contributed by atoms with Crippen molar-refractivity contribution in [1.82, 2.24) is 4.90 Å². The molecule has 5 heteroatoms. The van der Waals surface area contributed by atoms with E-state index in [0.717, 1.165) is 16.8 Å². The highest BCUT2D eigenvalue weighted by molar-refractivity contribution is 5.53. The lowest BCUT2D eigenvalue weighted by atomic mass is 9.65. The molecule has 5 nitrogen and oxygen atoms in total. The summed E-state index contributed by atoms with van der Waals surface area (Å²) in [6.45, 7) is 19.2. The summed E-state index contributed by atoms with van der Waals surface area (Å²) in [4.78, 5) is 13.1. The van der Waals surface area contributed by atoms with Crippen LogP contribution in [0, 0.1) is 20.9 Å². The van der Waals surface area contributed by atoms with Gasteiger partial charge in [-0.25, -0.2) is 0 Å². The van der Waals surface area contributed by atoms with Crippen LogP contribution in [0.4, 0.5) is 5.69 Å². The van der Waals surface area contributed by atoms with Gasteiger partial charge >= 0.3 is 0 Å². The van der Waals surface area contributed by atoms with Gasteiger partial charge in [-0.2, -0.15) is 0 Å². The number of nitrogens with zero attached hydrogens (tertiary/aromatic N) is 2. The number of nitro groups is 1. The Morgan fingerprint density at radius 1 is 1.21 bits per heavy atom. The molecular weight excluding hydrogens is 352 g/mol. The molecule has 0 amide bonds. The number of non-ortho nitro benzene ring substituents is 1. The highest BCUT2D eigenvalue weighted by atomic mass is 16.6. The highest BCUT2D eigenvalue weighted by Crippen LogP contribution is 2.63. The van der Waals surface area contributed by atoms with Crippen LogP contribution in [0.5, 0.6) is 5.75 Å². The minimum atomic E-state index is -0.674. The number of ether oxygens (including phenoxy) is 1. The van der Waals surface area contributed by atoms with Gasteiger partial charge in [-0.05, 0) is 31.6 Å². The van der Waals surface area contributed by atoms with Crippen LogP contribution in [0.15, 0.2) is 66.9 Å². The van der Waals surface area contributed by atoms with Gasteiger partial charge < -0.3 is 9.64 Å². The molecule has 148 valence electrons. The van der Waals surface area contributed by atoms with Crippen LogP contribution in [-0.2, 0) is 6.54 Å². The van der Waals surface area contributed by atoms with Gasteiger partial charge in [-0.15, -0.1) is 0 Å². The molecule has 0 saturated carbocycles. The van der Waals surface area contributed by atoms with Gasteiger partial charge in [-0.3, -0.25) is 10.1 Å². The average Bonchev–Trinajstić information content (AvgIpc) is 2.78. The van der Waals surface area contributed by atoms with Crippen molar-refractivity contribution >= 4 is 5.69 Å². The Labute approximate surface area is 166 Å². The van der Waals surface area contributed by atoms with Crippen molar-refractivity contribution in [2.45, 2.75) is 46.9 Å². The molecule has 0 N–H and O–H groups in total. The number of rotatable bonds is 3. The summed E-state index contributed by atoms with van der Waals surface area (Å²) in [5.41, 5.74) is 1.69. The van der Waals surface area contributed by atoms with Gasteiger partial charge in [0.25, 0.3) is 5.69 Å². The topological polar surface area (TPSA) is 55.6 Å². The first-order chi connectivity index (χ1) is 13.0. The lowest BCUT2D eigenvalue weighted by molar-refractivity contribution is -0.385. The lowest BCUT2D eigenvalue weighted by Crippen LogP contribution is -2.65. The molecule has 1 unspecified atom stereocenters. The predicted octanol–water partition coefficient (Wildman–Crippen LogP) is 5.75. The number of benzene rings is 1. The molecule has 0 spiro atoms. The Bertz CT molecular complexity index is 918. The van der Waals surface area contributed by atoms with Crippen LogP contribution in [0.1, 0.15) is 40.2 Å². The third-order valence-electron chi connectivity index (χ3n) is 5.89. The van der Waals surface area contributed by atoms with Crippen LogP contribution >= 0.6 is 0 Å². The molecule has 0 bridgehead atoms. The zero-order valence-corrected chi connectivity index (χ0v) is 17.3. The highest BCUT2D eigenvalue weighted by Gasteiger charge is 2.67. The van der Waals surface area contributed by atoms with Gasteiger partial charge in [-0.1, -0.05) is 52.2 Å². The number of allylic oxidation sites excluding steroid dienone is 5. The molecule has 28 heavy (non-hydrogen) atoms. The van der Waals surface area contributed by atoms with E-state index in [1.54, 1.807) is 24.3 Å². The molecular formula is C23H28N2O3. The third kappa shape index (κ3) is 2.53. The monoisotopic (exact) mass is 380 g/mol. The van der Waals surface area contributed by atoms with E-state index in [0.29, 0.717) is 12.3 Å². The third-order valence-corrected chi connectivity index (χ3v) is 5.89. The molecule has 2 heterocycles. The van der Waals surface area contributed by atoms with E-state index in [4.69, 9.17) is 4.74 Å². The Morgan fingerprint density at radius 3 is 2.39 bits per heavy atom. The molecule has 2 aliphatic rings. The number of fused-ring (bicyclic) bond motifs is 2. The summed E-state index contributed by atoms with van der Waals surface area (Å²) in [5, 5.41) is 11.3. The van der Waals surface area contributed by atoms with E-state index in [1.165, 1.54) is 6.07 Å². The van der Waals surface area contributed by atoms with Crippen LogP contribution in [0.2, 0.25) is 0 Å². The molecule has 1 aromatic carbocycles. The zero-order chi connectivity index (χ0) is 20.9. The summed E-state index contributed by atoms with van der Waals surface area (Å²) < 4.78 is 6.76. The van der Waals surface area contributed by atoms with Crippen LogP contribution in [-0.4, -0.2) is 15.5 Å². The van der Waals surface area contributed by atoms with E-state index in [9.17, 15) is 10.1 Å². The van der Waals surface area contributed by atoms with Crippen LogP contribution in [0.25, 0.3) is 0 Å².